The second-order valence-corrected chi connectivity index (χ2v) is 8.59. The summed E-state index contributed by atoms with van der Waals surface area (Å²) in [4.78, 5) is 0. The highest BCUT2D eigenvalue weighted by Gasteiger charge is 2.31. The highest BCUT2D eigenvalue weighted by Crippen LogP contribution is 2.44. The van der Waals surface area contributed by atoms with E-state index in [2.05, 4.69) is 6.07 Å². The second-order valence-electron chi connectivity index (χ2n) is 8.59. The molecule has 0 aliphatic heterocycles. The molecule has 25 heavy (non-hydrogen) atoms. The van der Waals surface area contributed by atoms with Gasteiger partial charge in [-0.1, -0.05) is 37.8 Å². The maximum absolute atomic E-state index is 13.8. The molecule has 0 N–H and O–H groups in total. The molecule has 0 radical (unpaired) electrons. The Labute approximate surface area is 152 Å². The number of unbranched alkanes of at least 4 members (excludes halogenated alkanes) is 1. The summed E-state index contributed by atoms with van der Waals surface area (Å²) in [6.07, 6.45) is 13.6. The van der Waals surface area contributed by atoms with Gasteiger partial charge in [0.15, 0.2) is 0 Å². The van der Waals surface area contributed by atoms with E-state index in [1.165, 1.54) is 63.4 Å². The number of benzene rings is 1. The maximum atomic E-state index is 13.8. The molecule has 0 atom stereocenters. The third-order valence-electron chi connectivity index (χ3n) is 6.99. The van der Waals surface area contributed by atoms with Crippen molar-refractivity contribution in [2.24, 2.45) is 17.8 Å². The molecule has 1 aromatic rings. The largest absolute Gasteiger partial charge is 0.251 e. The molecule has 0 saturated heterocycles. The van der Waals surface area contributed by atoms with Crippen LogP contribution >= 0.6 is 0 Å². The summed E-state index contributed by atoms with van der Waals surface area (Å²) in [5, 5.41) is 0. The minimum atomic E-state index is -0.149. The molecule has 2 saturated carbocycles. The zero-order valence-corrected chi connectivity index (χ0v) is 15.8. The lowest BCUT2D eigenvalue weighted by Crippen LogP contribution is -2.25. The van der Waals surface area contributed by atoms with Crippen LogP contribution < -0.4 is 0 Å². The van der Waals surface area contributed by atoms with Crippen molar-refractivity contribution in [2.45, 2.75) is 83.5 Å². The molecule has 0 bridgehead atoms. The first-order valence-corrected chi connectivity index (χ1v) is 10.5. The van der Waals surface area contributed by atoms with Gasteiger partial charge in [0.2, 0.25) is 0 Å². The first-order chi connectivity index (χ1) is 12.2. The summed E-state index contributed by atoms with van der Waals surface area (Å²) >= 11 is 0. The molecule has 1 aromatic carbocycles. The van der Waals surface area contributed by atoms with Gasteiger partial charge in [-0.05, 0) is 92.7 Å². The molecule has 0 amide bonds. The van der Waals surface area contributed by atoms with E-state index in [4.69, 9.17) is 0 Å². The quantitative estimate of drug-likeness (QED) is 0.471. The minimum Gasteiger partial charge on any atom is -0.251 e. The molecular weight excluding hydrogens is 314 g/mol. The summed E-state index contributed by atoms with van der Waals surface area (Å²) in [5.74, 6) is 3.16. The van der Waals surface area contributed by atoms with Gasteiger partial charge in [-0.25, -0.2) is 4.39 Å². The zero-order chi connectivity index (χ0) is 17.6. The van der Waals surface area contributed by atoms with Gasteiger partial charge in [0.25, 0.3) is 0 Å². The van der Waals surface area contributed by atoms with Crippen LogP contribution in [-0.4, -0.2) is 6.67 Å². The summed E-state index contributed by atoms with van der Waals surface area (Å²) in [5.41, 5.74) is 1.96. The number of halogens is 2. The normalized spacial score (nSPS) is 30.4. The molecule has 2 fully saturated rings. The van der Waals surface area contributed by atoms with Gasteiger partial charge in [0.1, 0.15) is 5.82 Å². The number of aryl methyl sites for hydroxylation is 1. The van der Waals surface area contributed by atoms with E-state index in [0.717, 1.165) is 36.2 Å². The molecule has 0 spiro atoms. The smallest absolute Gasteiger partial charge is 0.126 e. The van der Waals surface area contributed by atoms with Crippen molar-refractivity contribution >= 4 is 0 Å². The predicted molar refractivity (Wildman–Crippen MR) is 101 cm³/mol. The predicted octanol–water partition coefficient (Wildman–Crippen LogP) is 7.35. The summed E-state index contributed by atoms with van der Waals surface area (Å²) in [6, 6.07) is 5.83. The number of alkyl halides is 1. The fourth-order valence-corrected chi connectivity index (χ4v) is 5.26. The SMILES string of the molecule is Cc1ccc(C2CCC(C3CCC(CCCCF)CC3)CC2)cc1F. The summed E-state index contributed by atoms with van der Waals surface area (Å²) in [6.45, 7) is 1.69. The highest BCUT2D eigenvalue weighted by atomic mass is 19.1. The van der Waals surface area contributed by atoms with Gasteiger partial charge in [0.05, 0.1) is 6.67 Å². The molecule has 3 rings (SSSR count). The third kappa shape index (κ3) is 5.05. The van der Waals surface area contributed by atoms with E-state index in [0.29, 0.717) is 5.92 Å². The first kappa shape index (κ1) is 18.9. The summed E-state index contributed by atoms with van der Waals surface area (Å²) in [7, 11) is 0. The molecule has 0 heterocycles. The zero-order valence-electron chi connectivity index (χ0n) is 15.8. The molecule has 0 aromatic heterocycles. The van der Waals surface area contributed by atoms with Gasteiger partial charge in [-0.2, -0.15) is 0 Å². The molecule has 0 nitrogen and oxygen atoms in total. The van der Waals surface area contributed by atoms with Crippen molar-refractivity contribution in [3.63, 3.8) is 0 Å². The number of hydrogen-bond acceptors (Lipinski definition) is 0. The van der Waals surface area contributed by atoms with Crippen LogP contribution in [0.1, 0.15) is 87.7 Å². The Morgan fingerprint density at radius 3 is 2.12 bits per heavy atom. The Balaban J connectivity index is 1.43. The van der Waals surface area contributed by atoms with Crippen molar-refractivity contribution < 1.29 is 8.78 Å². The fraction of sp³-hybridized carbons (Fsp3) is 0.739. The molecule has 140 valence electrons. The van der Waals surface area contributed by atoms with Crippen molar-refractivity contribution in [1.82, 2.24) is 0 Å². The Morgan fingerprint density at radius 2 is 1.52 bits per heavy atom. The number of hydrogen-bond donors (Lipinski definition) is 0. The van der Waals surface area contributed by atoms with E-state index in [1.807, 2.05) is 13.0 Å². The second kappa shape index (κ2) is 9.14. The standard InChI is InChI=1S/C23H34F2/c1-17-5-8-22(16-23(17)25)21-13-11-20(12-14-21)19-9-6-18(7-10-19)4-2-3-15-24/h5,8,16,18-21H,2-4,6-7,9-15H2,1H3. The van der Waals surface area contributed by atoms with Crippen molar-refractivity contribution in [2.75, 3.05) is 6.67 Å². The van der Waals surface area contributed by atoms with Crippen LogP contribution in [0.15, 0.2) is 18.2 Å². The Kier molecular flexibility index (Phi) is 6.90. The molecule has 2 aliphatic rings. The van der Waals surface area contributed by atoms with Gasteiger partial charge in [-0.15, -0.1) is 0 Å². The van der Waals surface area contributed by atoms with Gasteiger partial charge in [0, 0.05) is 0 Å². The van der Waals surface area contributed by atoms with E-state index in [-0.39, 0.29) is 12.5 Å². The Hall–Kier alpha value is -0.920. The topological polar surface area (TPSA) is 0 Å². The van der Waals surface area contributed by atoms with Gasteiger partial charge < -0.3 is 0 Å². The number of rotatable bonds is 6. The van der Waals surface area contributed by atoms with E-state index >= 15 is 0 Å². The lowest BCUT2D eigenvalue weighted by Gasteiger charge is -2.38. The lowest BCUT2D eigenvalue weighted by atomic mass is 9.68. The van der Waals surface area contributed by atoms with Crippen molar-refractivity contribution in [3.05, 3.63) is 35.1 Å². The lowest BCUT2D eigenvalue weighted by molar-refractivity contribution is 0.155. The Morgan fingerprint density at radius 1 is 0.880 bits per heavy atom. The van der Waals surface area contributed by atoms with Crippen molar-refractivity contribution in [1.29, 1.82) is 0 Å². The van der Waals surface area contributed by atoms with Crippen LogP contribution in [0.3, 0.4) is 0 Å². The van der Waals surface area contributed by atoms with Crippen LogP contribution in [0, 0.1) is 30.5 Å². The molecular formula is C23H34F2. The van der Waals surface area contributed by atoms with E-state index < -0.39 is 0 Å². The summed E-state index contributed by atoms with van der Waals surface area (Å²) < 4.78 is 26.1. The van der Waals surface area contributed by atoms with Crippen LogP contribution in [0.5, 0.6) is 0 Å². The van der Waals surface area contributed by atoms with E-state index in [1.54, 1.807) is 6.07 Å². The average molecular weight is 349 g/mol. The molecule has 0 unspecified atom stereocenters. The van der Waals surface area contributed by atoms with Gasteiger partial charge >= 0.3 is 0 Å². The monoisotopic (exact) mass is 348 g/mol. The van der Waals surface area contributed by atoms with Crippen molar-refractivity contribution in [3.8, 4) is 0 Å². The van der Waals surface area contributed by atoms with Crippen LogP contribution in [0.2, 0.25) is 0 Å². The fourth-order valence-electron chi connectivity index (χ4n) is 5.26. The minimum absolute atomic E-state index is 0.0503. The first-order valence-electron chi connectivity index (χ1n) is 10.5. The molecule has 2 heteroatoms. The third-order valence-corrected chi connectivity index (χ3v) is 6.99. The van der Waals surface area contributed by atoms with Crippen LogP contribution in [-0.2, 0) is 0 Å². The van der Waals surface area contributed by atoms with Crippen LogP contribution in [0.25, 0.3) is 0 Å². The Bertz CT molecular complexity index is 523. The van der Waals surface area contributed by atoms with Gasteiger partial charge in [-0.3, -0.25) is 4.39 Å². The van der Waals surface area contributed by atoms with Crippen LogP contribution in [0.4, 0.5) is 8.78 Å². The highest BCUT2D eigenvalue weighted by molar-refractivity contribution is 5.26. The molecule has 2 aliphatic carbocycles. The average Bonchev–Trinajstić information content (AvgIpc) is 2.65. The maximum Gasteiger partial charge on any atom is 0.126 e. The van der Waals surface area contributed by atoms with E-state index in [9.17, 15) is 8.78 Å².